The summed E-state index contributed by atoms with van der Waals surface area (Å²) in [6.07, 6.45) is 4.55. The summed E-state index contributed by atoms with van der Waals surface area (Å²) in [5, 5.41) is 0. The van der Waals surface area contributed by atoms with Gasteiger partial charge in [0.1, 0.15) is 17.3 Å². The molecule has 8 nitrogen and oxygen atoms in total. The van der Waals surface area contributed by atoms with Crippen molar-refractivity contribution in [3.63, 3.8) is 0 Å². The topological polar surface area (TPSA) is 105 Å². The van der Waals surface area contributed by atoms with E-state index in [4.69, 9.17) is 9.47 Å². The van der Waals surface area contributed by atoms with Crippen LogP contribution >= 0.6 is 0 Å². The van der Waals surface area contributed by atoms with Gasteiger partial charge in [0.25, 0.3) is 5.56 Å². The first-order valence-electron chi connectivity index (χ1n) is 11.5. The monoisotopic (exact) mass is 450 g/mol. The molecule has 0 atom stereocenters. The predicted octanol–water partition coefficient (Wildman–Crippen LogP) is 2.89. The third-order valence-electron chi connectivity index (χ3n) is 6.94. The van der Waals surface area contributed by atoms with Crippen molar-refractivity contribution >= 4 is 17.3 Å². The molecule has 1 spiro atoms. The van der Waals surface area contributed by atoms with Gasteiger partial charge in [0, 0.05) is 43.5 Å². The number of carbonyl (C=O) groups excluding carboxylic acids is 3. The highest BCUT2D eigenvalue weighted by Gasteiger charge is 2.42. The van der Waals surface area contributed by atoms with Crippen LogP contribution in [0.3, 0.4) is 0 Å². The van der Waals surface area contributed by atoms with Gasteiger partial charge in [-0.25, -0.2) is 4.98 Å². The van der Waals surface area contributed by atoms with Crippen LogP contribution in [0.15, 0.2) is 41.3 Å². The third-order valence-corrected chi connectivity index (χ3v) is 6.94. The molecule has 0 N–H and O–H groups in total. The Kier molecular flexibility index (Phi) is 5.80. The Bertz CT molecular complexity index is 1120. The second-order valence-corrected chi connectivity index (χ2v) is 8.96. The quantitative estimate of drug-likeness (QED) is 0.521. The number of Topliss-reactive ketones (excluding diaryl/α,β-unsaturated/α-hetero) is 3. The molecule has 1 aromatic heterocycles. The number of hydrogen-bond acceptors (Lipinski definition) is 7. The lowest BCUT2D eigenvalue weighted by Gasteiger charge is -2.36. The third kappa shape index (κ3) is 3.98. The Balaban J connectivity index is 1.55. The standard InChI is InChI=1S/C25H26N2O6/c28-19-7-4-8-20(29)21(19)22(30)18-15-26-23(16-5-2-1-3-6-16)27(24(18)31)17-9-11-25(12-10-17)32-13-14-33-25/h1-3,5-6,15,17,21H,4,7-14H2. The number of rotatable bonds is 4. The Morgan fingerprint density at radius 1 is 0.970 bits per heavy atom. The molecule has 2 aromatic rings. The minimum atomic E-state index is -1.39. The normalized spacial score (nSPS) is 21.6. The van der Waals surface area contributed by atoms with Crippen molar-refractivity contribution in [3.8, 4) is 11.4 Å². The van der Waals surface area contributed by atoms with E-state index >= 15 is 0 Å². The fourth-order valence-corrected chi connectivity index (χ4v) is 5.22. The lowest BCUT2D eigenvalue weighted by atomic mass is 9.82. The number of ether oxygens (including phenoxy) is 2. The molecule has 33 heavy (non-hydrogen) atoms. The van der Waals surface area contributed by atoms with Gasteiger partial charge in [-0.15, -0.1) is 0 Å². The number of aromatic nitrogens is 2. The van der Waals surface area contributed by atoms with Crippen LogP contribution in [0.1, 0.15) is 61.3 Å². The molecule has 0 amide bonds. The average molecular weight is 450 g/mol. The largest absolute Gasteiger partial charge is 0.348 e. The first-order valence-corrected chi connectivity index (χ1v) is 11.5. The van der Waals surface area contributed by atoms with Gasteiger partial charge in [-0.05, 0) is 19.3 Å². The van der Waals surface area contributed by atoms with E-state index in [1.165, 1.54) is 6.20 Å². The molecule has 8 heteroatoms. The molecule has 0 unspecified atom stereocenters. The van der Waals surface area contributed by atoms with Gasteiger partial charge in [0.15, 0.2) is 23.1 Å². The predicted molar refractivity (Wildman–Crippen MR) is 118 cm³/mol. The highest BCUT2D eigenvalue weighted by molar-refractivity contribution is 6.24. The molecule has 172 valence electrons. The van der Waals surface area contributed by atoms with Gasteiger partial charge in [-0.3, -0.25) is 23.7 Å². The van der Waals surface area contributed by atoms with E-state index in [1.54, 1.807) is 4.57 Å². The average Bonchev–Trinajstić information content (AvgIpc) is 3.28. The van der Waals surface area contributed by atoms with E-state index in [2.05, 4.69) is 4.98 Å². The fraction of sp³-hybridized carbons (Fsp3) is 0.480. The summed E-state index contributed by atoms with van der Waals surface area (Å²) >= 11 is 0. The number of hydrogen-bond donors (Lipinski definition) is 0. The summed E-state index contributed by atoms with van der Waals surface area (Å²) in [7, 11) is 0. The zero-order valence-electron chi connectivity index (χ0n) is 18.3. The van der Waals surface area contributed by atoms with Gasteiger partial charge >= 0.3 is 0 Å². The summed E-state index contributed by atoms with van der Waals surface area (Å²) in [4.78, 5) is 56.1. The van der Waals surface area contributed by atoms with E-state index in [1.807, 2.05) is 30.3 Å². The molecule has 3 aliphatic rings. The maximum absolute atomic E-state index is 13.7. The van der Waals surface area contributed by atoms with E-state index in [9.17, 15) is 19.2 Å². The SMILES string of the molecule is O=C1CCCC(=O)C1C(=O)c1cnc(-c2ccccc2)n(C2CCC3(CC2)OCCO3)c1=O. The molecule has 2 saturated carbocycles. The summed E-state index contributed by atoms with van der Waals surface area (Å²) in [5.74, 6) is -3.07. The van der Waals surface area contributed by atoms with Crippen LogP contribution in [0.4, 0.5) is 0 Å². The van der Waals surface area contributed by atoms with Gasteiger partial charge in [0.05, 0.1) is 13.2 Å². The highest BCUT2D eigenvalue weighted by Crippen LogP contribution is 2.40. The Labute approximate surface area is 190 Å². The smallest absolute Gasteiger partial charge is 0.264 e. The van der Waals surface area contributed by atoms with Crippen molar-refractivity contribution in [2.75, 3.05) is 13.2 Å². The van der Waals surface area contributed by atoms with Crippen LogP contribution in [0, 0.1) is 5.92 Å². The molecule has 2 heterocycles. The summed E-state index contributed by atoms with van der Waals surface area (Å²) in [6.45, 7) is 1.13. The molecule has 1 saturated heterocycles. The van der Waals surface area contributed by atoms with Crippen LogP contribution in [0.5, 0.6) is 0 Å². The maximum Gasteiger partial charge on any atom is 0.264 e. The van der Waals surface area contributed by atoms with Crippen LogP contribution in [0.25, 0.3) is 11.4 Å². The summed E-state index contributed by atoms with van der Waals surface area (Å²) in [5.41, 5.74) is 0.0539. The van der Waals surface area contributed by atoms with Crippen molar-refractivity contribution in [2.24, 2.45) is 5.92 Å². The molecule has 0 radical (unpaired) electrons. The lowest BCUT2D eigenvalue weighted by molar-refractivity contribution is -0.181. The van der Waals surface area contributed by atoms with Crippen molar-refractivity contribution in [3.05, 3.63) is 52.4 Å². The number of nitrogens with zero attached hydrogens (tertiary/aromatic N) is 2. The van der Waals surface area contributed by atoms with Crippen molar-refractivity contribution in [2.45, 2.75) is 56.8 Å². The minimum absolute atomic E-state index is 0.177. The molecule has 1 aromatic carbocycles. The first kappa shape index (κ1) is 21.9. The van der Waals surface area contributed by atoms with Gasteiger partial charge < -0.3 is 9.47 Å². The zero-order valence-corrected chi connectivity index (χ0v) is 18.3. The Morgan fingerprint density at radius 3 is 2.24 bits per heavy atom. The molecule has 2 aliphatic carbocycles. The Morgan fingerprint density at radius 2 is 1.61 bits per heavy atom. The maximum atomic E-state index is 13.7. The van der Waals surface area contributed by atoms with Crippen LogP contribution in [0.2, 0.25) is 0 Å². The number of ketones is 3. The molecular weight excluding hydrogens is 424 g/mol. The van der Waals surface area contributed by atoms with Crippen LogP contribution < -0.4 is 5.56 Å². The second kappa shape index (κ2) is 8.76. The Hall–Kier alpha value is -2.97. The lowest BCUT2D eigenvalue weighted by Crippen LogP contribution is -2.42. The van der Waals surface area contributed by atoms with Crippen LogP contribution in [-0.4, -0.2) is 45.9 Å². The molecular formula is C25H26N2O6. The van der Waals surface area contributed by atoms with E-state index in [-0.39, 0.29) is 24.4 Å². The van der Waals surface area contributed by atoms with E-state index in [0.717, 1.165) is 5.56 Å². The minimum Gasteiger partial charge on any atom is -0.348 e. The summed E-state index contributed by atoms with van der Waals surface area (Å²) < 4.78 is 13.2. The first-order chi connectivity index (χ1) is 16.0. The molecule has 1 aliphatic heterocycles. The van der Waals surface area contributed by atoms with E-state index < -0.39 is 34.6 Å². The van der Waals surface area contributed by atoms with Crippen molar-refractivity contribution in [1.29, 1.82) is 0 Å². The van der Waals surface area contributed by atoms with Crippen molar-refractivity contribution < 1.29 is 23.9 Å². The number of benzene rings is 1. The van der Waals surface area contributed by atoms with Gasteiger partial charge in [-0.2, -0.15) is 0 Å². The van der Waals surface area contributed by atoms with Gasteiger partial charge in [-0.1, -0.05) is 30.3 Å². The molecule has 5 rings (SSSR count). The molecule has 3 fully saturated rings. The van der Waals surface area contributed by atoms with E-state index in [0.29, 0.717) is 51.1 Å². The molecule has 0 bridgehead atoms. The fourth-order valence-electron chi connectivity index (χ4n) is 5.22. The zero-order chi connectivity index (χ0) is 23.0. The number of carbonyl (C=O) groups is 3. The van der Waals surface area contributed by atoms with Crippen LogP contribution in [-0.2, 0) is 19.1 Å². The summed E-state index contributed by atoms with van der Waals surface area (Å²) in [6, 6.07) is 9.12. The van der Waals surface area contributed by atoms with Crippen molar-refractivity contribution in [1.82, 2.24) is 9.55 Å². The van der Waals surface area contributed by atoms with Gasteiger partial charge in [0.2, 0.25) is 0 Å². The second-order valence-electron chi connectivity index (χ2n) is 8.96. The highest BCUT2D eigenvalue weighted by atomic mass is 16.7.